The Labute approximate surface area is 173 Å². The summed E-state index contributed by atoms with van der Waals surface area (Å²) >= 11 is 0. The molecule has 2 N–H and O–H groups in total. The molecule has 0 radical (unpaired) electrons. The molecule has 0 aliphatic carbocycles. The molecule has 0 aliphatic heterocycles. The lowest BCUT2D eigenvalue weighted by Gasteiger charge is -2.13. The number of ketones is 1. The van der Waals surface area contributed by atoms with Gasteiger partial charge in [0.15, 0.2) is 5.78 Å². The van der Waals surface area contributed by atoms with E-state index in [4.69, 9.17) is 4.74 Å². The lowest BCUT2D eigenvalue weighted by molar-refractivity contribution is -0.115. The second-order valence-electron chi connectivity index (χ2n) is 7.00. The highest BCUT2D eigenvalue weighted by Gasteiger charge is 2.19. The van der Waals surface area contributed by atoms with Gasteiger partial charge >= 0.3 is 0 Å². The van der Waals surface area contributed by atoms with Gasteiger partial charge in [-0.2, -0.15) is 0 Å². The van der Waals surface area contributed by atoms with E-state index < -0.39 is 17.2 Å². The molecule has 1 heterocycles. The highest BCUT2D eigenvalue weighted by atomic mass is 16.5. The van der Waals surface area contributed by atoms with Crippen LogP contribution in [0.15, 0.2) is 53.5 Å². The van der Waals surface area contributed by atoms with E-state index in [1.807, 2.05) is 13.8 Å². The summed E-state index contributed by atoms with van der Waals surface area (Å²) in [7, 11) is 1.54. The van der Waals surface area contributed by atoms with Crippen LogP contribution in [0, 0.1) is 13.8 Å². The summed E-state index contributed by atoms with van der Waals surface area (Å²) in [5.41, 5.74) is 4.67. The molecular formula is C23H22N2O5. The molecule has 0 bridgehead atoms. The molecule has 154 valence electrons. The maximum absolute atomic E-state index is 13.2. The van der Waals surface area contributed by atoms with Gasteiger partial charge in [-0.15, -0.1) is 0 Å². The van der Waals surface area contributed by atoms with E-state index in [1.165, 1.54) is 32.4 Å². The molecule has 0 spiro atoms. The molecule has 30 heavy (non-hydrogen) atoms. The molecule has 1 amide bonds. The number of amides is 1. The Morgan fingerprint density at radius 1 is 1.03 bits per heavy atom. The minimum Gasteiger partial charge on any atom is -0.507 e. The summed E-state index contributed by atoms with van der Waals surface area (Å²) in [5, 5.41) is 10.3. The van der Waals surface area contributed by atoms with E-state index in [0.717, 1.165) is 15.8 Å². The van der Waals surface area contributed by atoms with Gasteiger partial charge in [-0.3, -0.25) is 19.8 Å². The predicted octanol–water partition coefficient (Wildman–Crippen LogP) is 3.17. The summed E-state index contributed by atoms with van der Waals surface area (Å²) in [4.78, 5) is 37.6. The molecule has 7 nitrogen and oxygen atoms in total. The van der Waals surface area contributed by atoms with Crippen molar-refractivity contribution in [3.05, 3.63) is 81.3 Å². The van der Waals surface area contributed by atoms with Crippen LogP contribution in [-0.2, 0) is 4.79 Å². The van der Waals surface area contributed by atoms with Gasteiger partial charge in [0.1, 0.15) is 11.5 Å². The van der Waals surface area contributed by atoms with Crippen molar-refractivity contribution in [2.45, 2.75) is 20.8 Å². The van der Waals surface area contributed by atoms with Gasteiger partial charge in [-0.05, 0) is 60.9 Å². The van der Waals surface area contributed by atoms with Crippen LogP contribution in [0.1, 0.15) is 34.0 Å². The number of nitrogens with zero attached hydrogens (tertiary/aromatic N) is 1. The number of benzene rings is 2. The number of nitrogens with one attached hydrogen (secondary N) is 1. The maximum atomic E-state index is 13.2. The maximum Gasteiger partial charge on any atom is 0.277 e. The number of pyridine rings is 1. The fourth-order valence-corrected chi connectivity index (χ4v) is 3.07. The molecule has 7 heteroatoms. The molecule has 0 aliphatic rings. The Morgan fingerprint density at radius 3 is 2.27 bits per heavy atom. The van der Waals surface area contributed by atoms with Crippen LogP contribution in [0.5, 0.6) is 11.5 Å². The van der Waals surface area contributed by atoms with Crippen molar-refractivity contribution < 1.29 is 19.4 Å². The molecule has 3 rings (SSSR count). The number of phenols is 1. The van der Waals surface area contributed by atoms with Gasteiger partial charge in [0.25, 0.3) is 5.56 Å². The topological polar surface area (TPSA) is 97.6 Å². The summed E-state index contributed by atoms with van der Waals surface area (Å²) in [6, 6.07) is 11.4. The van der Waals surface area contributed by atoms with Gasteiger partial charge < -0.3 is 9.84 Å². The number of ether oxygens (including phenoxy) is 1. The van der Waals surface area contributed by atoms with Crippen molar-refractivity contribution in [2.24, 2.45) is 0 Å². The third kappa shape index (κ3) is 4.10. The zero-order valence-corrected chi connectivity index (χ0v) is 17.1. The number of methoxy groups -OCH3 is 1. The highest BCUT2D eigenvalue weighted by molar-refractivity contribution is 6.11. The van der Waals surface area contributed by atoms with Crippen LogP contribution in [0.2, 0.25) is 0 Å². The Morgan fingerprint density at radius 2 is 1.67 bits per heavy atom. The third-order valence-electron chi connectivity index (χ3n) is 4.81. The van der Waals surface area contributed by atoms with E-state index in [9.17, 15) is 19.5 Å². The predicted molar refractivity (Wildman–Crippen MR) is 114 cm³/mol. The molecule has 0 atom stereocenters. The SMILES string of the molecule is COc1ccc(-c2cc(C(=O)c3cc(C)c(C)cc3O)cn(NC(C)=O)c2=O)cc1. The second kappa shape index (κ2) is 8.24. The van der Waals surface area contributed by atoms with Crippen LogP contribution in [-0.4, -0.2) is 28.6 Å². The average molecular weight is 406 g/mol. The fourth-order valence-electron chi connectivity index (χ4n) is 3.07. The third-order valence-corrected chi connectivity index (χ3v) is 4.81. The largest absolute Gasteiger partial charge is 0.507 e. The monoisotopic (exact) mass is 406 g/mol. The summed E-state index contributed by atoms with van der Waals surface area (Å²) in [6.45, 7) is 4.94. The number of aromatic hydroxyl groups is 1. The Hall–Kier alpha value is -3.87. The van der Waals surface area contributed by atoms with Crippen molar-refractivity contribution in [1.82, 2.24) is 4.68 Å². The van der Waals surface area contributed by atoms with Crippen molar-refractivity contribution >= 4 is 11.7 Å². The van der Waals surface area contributed by atoms with E-state index in [0.29, 0.717) is 11.3 Å². The van der Waals surface area contributed by atoms with Crippen molar-refractivity contribution in [3.8, 4) is 22.6 Å². The average Bonchev–Trinajstić information content (AvgIpc) is 2.71. The number of aromatic nitrogens is 1. The second-order valence-corrected chi connectivity index (χ2v) is 7.00. The molecular weight excluding hydrogens is 384 g/mol. The number of aryl methyl sites for hydroxylation is 2. The normalized spacial score (nSPS) is 10.5. The Kier molecular flexibility index (Phi) is 5.73. The van der Waals surface area contributed by atoms with Crippen molar-refractivity contribution in [1.29, 1.82) is 0 Å². The van der Waals surface area contributed by atoms with Crippen LogP contribution in [0.4, 0.5) is 0 Å². The zero-order valence-electron chi connectivity index (χ0n) is 17.1. The first kappa shape index (κ1) is 20.9. The first-order chi connectivity index (χ1) is 14.2. The number of rotatable bonds is 5. The highest BCUT2D eigenvalue weighted by Crippen LogP contribution is 2.26. The van der Waals surface area contributed by atoms with Crippen molar-refractivity contribution in [2.75, 3.05) is 12.5 Å². The quantitative estimate of drug-likeness (QED) is 0.635. The van der Waals surface area contributed by atoms with E-state index in [2.05, 4.69) is 5.43 Å². The number of phenolic OH excluding ortho intramolecular Hbond substituents is 1. The molecule has 0 unspecified atom stereocenters. The number of carbonyl (C=O) groups excluding carboxylic acids is 2. The van der Waals surface area contributed by atoms with Gasteiger partial charge in [0.05, 0.1) is 12.7 Å². The number of hydrogen-bond acceptors (Lipinski definition) is 5. The molecule has 1 aromatic heterocycles. The molecule has 2 aromatic carbocycles. The number of hydrogen-bond donors (Lipinski definition) is 2. The minimum atomic E-state index is -0.490. The van der Waals surface area contributed by atoms with Gasteiger partial charge in [0, 0.05) is 24.2 Å². The molecule has 0 saturated heterocycles. The van der Waals surface area contributed by atoms with Gasteiger partial charge in [-0.25, -0.2) is 4.68 Å². The smallest absolute Gasteiger partial charge is 0.277 e. The summed E-state index contributed by atoms with van der Waals surface area (Å²) in [5.74, 6) is -0.458. The number of carbonyl (C=O) groups is 2. The first-order valence-corrected chi connectivity index (χ1v) is 9.25. The van der Waals surface area contributed by atoms with E-state index in [-0.39, 0.29) is 22.4 Å². The van der Waals surface area contributed by atoms with Gasteiger partial charge in [-0.1, -0.05) is 12.1 Å². The molecule has 3 aromatic rings. The lowest BCUT2D eigenvalue weighted by Crippen LogP contribution is -2.33. The first-order valence-electron chi connectivity index (χ1n) is 9.25. The van der Waals surface area contributed by atoms with E-state index >= 15 is 0 Å². The standard InChI is InChI=1S/C23H22N2O5/c1-13-9-20(21(27)10-14(13)2)22(28)17-11-19(16-5-7-18(30-4)8-6-16)23(29)25(12-17)24-15(3)26/h5-12,27H,1-4H3,(H,24,26). The Balaban J connectivity index is 2.19. The summed E-state index contributed by atoms with van der Waals surface area (Å²) < 4.78 is 6.12. The zero-order chi connectivity index (χ0) is 22.0. The fraction of sp³-hybridized carbons (Fsp3) is 0.174. The molecule has 0 saturated carbocycles. The Bertz CT molecular complexity index is 1190. The molecule has 0 fully saturated rings. The van der Waals surface area contributed by atoms with E-state index in [1.54, 1.807) is 30.3 Å². The van der Waals surface area contributed by atoms with Gasteiger partial charge in [0.2, 0.25) is 5.91 Å². The van der Waals surface area contributed by atoms with Crippen LogP contribution < -0.4 is 15.7 Å². The summed E-state index contributed by atoms with van der Waals surface area (Å²) in [6.07, 6.45) is 1.26. The lowest BCUT2D eigenvalue weighted by atomic mass is 9.97. The van der Waals surface area contributed by atoms with Crippen LogP contribution >= 0.6 is 0 Å². The van der Waals surface area contributed by atoms with Crippen LogP contribution in [0.3, 0.4) is 0 Å². The van der Waals surface area contributed by atoms with Crippen LogP contribution in [0.25, 0.3) is 11.1 Å². The minimum absolute atomic E-state index is 0.117. The van der Waals surface area contributed by atoms with Crippen molar-refractivity contribution in [3.63, 3.8) is 0 Å².